The lowest BCUT2D eigenvalue weighted by molar-refractivity contribution is 0.1000. The Labute approximate surface area is 138 Å². The van der Waals surface area contributed by atoms with Gasteiger partial charge in [-0.15, -0.1) is 0 Å². The summed E-state index contributed by atoms with van der Waals surface area (Å²) in [6, 6.07) is 5.79. The van der Waals surface area contributed by atoms with Crippen LogP contribution >= 0.6 is 0 Å². The summed E-state index contributed by atoms with van der Waals surface area (Å²) in [6.45, 7) is 7.90. The zero-order valence-electron chi connectivity index (χ0n) is 13.7. The molecule has 7 heteroatoms. The Morgan fingerprint density at radius 3 is 2.17 bits per heavy atom. The Balaban J connectivity index is 2.00. The quantitative estimate of drug-likeness (QED) is 0.842. The van der Waals surface area contributed by atoms with E-state index in [0.29, 0.717) is 24.6 Å². The lowest BCUT2D eigenvalue weighted by atomic mass is 10.1. The molecule has 128 valence electrons. The second-order valence-corrected chi connectivity index (χ2v) is 8.25. The number of nitrogens with two attached hydrogens (primary N) is 1. The molecule has 0 saturated carbocycles. The summed E-state index contributed by atoms with van der Waals surface area (Å²) in [4.78, 5) is 13.6. The summed E-state index contributed by atoms with van der Waals surface area (Å²) in [5.74, 6) is 0.0910. The molecule has 1 saturated heterocycles. The molecule has 0 radical (unpaired) electrons. The van der Waals surface area contributed by atoms with Crippen molar-refractivity contribution in [3.05, 3.63) is 29.8 Å². The van der Waals surface area contributed by atoms with Crippen LogP contribution in [0.1, 0.15) is 30.6 Å². The maximum Gasteiger partial charge on any atom is 0.248 e. The van der Waals surface area contributed by atoms with Crippen molar-refractivity contribution in [3.63, 3.8) is 0 Å². The largest absolute Gasteiger partial charge is 0.366 e. The molecule has 2 rings (SSSR count). The third-order valence-electron chi connectivity index (χ3n) is 4.13. The van der Waals surface area contributed by atoms with Crippen molar-refractivity contribution in [2.45, 2.75) is 25.2 Å². The average Bonchev–Trinajstić information content (AvgIpc) is 2.53. The highest BCUT2D eigenvalue weighted by Gasteiger charge is 2.28. The van der Waals surface area contributed by atoms with Gasteiger partial charge in [0.25, 0.3) is 0 Å². The zero-order valence-corrected chi connectivity index (χ0v) is 14.6. The number of primary amides is 1. The molecule has 1 aliphatic rings. The van der Waals surface area contributed by atoms with Crippen LogP contribution in [-0.4, -0.2) is 56.3 Å². The van der Waals surface area contributed by atoms with Crippen LogP contribution in [0.2, 0.25) is 0 Å². The normalized spacial score (nSPS) is 17.5. The predicted octanol–water partition coefficient (Wildman–Crippen LogP) is 1.14. The van der Waals surface area contributed by atoms with E-state index in [0.717, 1.165) is 26.1 Å². The van der Waals surface area contributed by atoms with Crippen LogP contribution in [-0.2, 0) is 10.0 Å². The smallest absolute Gasteiger partial charge is 0.248 e. The Morgan fingerprint density at radius 2 is 1.70 bits per heavy atom. The second-order valence-electron chi connectivity index (χ2n) is 6.32. The van der Waals surface area contributed by atoms with Gasteiger partial charge in [-0.25, -0.2) is 8.42 Å². The molecule has 1 heterocycles. The fourth-order valence-electron chi connectivity index (χ4n) is 2.57. The number of amides is 1. The van der Waals surface area contributed by atoms with Gasteiger partial charge in [-0.2, -0.15) is 4.31 Å². The lowest BCUT2D eigenvalue weighted by Crippen LogP contribution is -2.48. The van der Waals surface area contributed by atoms with E-state index in [1.807, 2.05) is 0 Å². The van der Waals surface area contributed by atoms with Crippen molar-refractivity contribution in [3.8, 4) is 0 Å². The number of carbonyl (C=O) groups is 1. The molecular weight excluding hydrogens is 314 g/mol. The van der Waals surface area contributed by atoms with Crippen molar-refractivity contribution in [2.75, 3.05) is 32.7 Å². The van der Waals surface area contributed by atoms with Gasteiger partial charge >= 0.3 is 0 Å². The number of carbonyl (C=O) groups excluding carboxylic acids is 1. The van der Waals surface area contributed by atoms with Crippen LogP contribution < -0.4 is 5.73 Å². The van der Waals surface area contributed by atoms with Gasteiger partial charge in [-0.1, -0.05) is 13.8 Å². The topological polar surface area (TPSA) is 83.7 Å². The van der Waals surface area contributed by atoms with Crippen LogP contribution in [0.3, 0.4) is 0 Å². The molecule has 1 amide bonds. The third kappa shape index (κ3) is 4.53. The van der Waals surface area contributed by atoms with E-state index in [4.69, 9.17) is 5.73 Å². The van der Waals surface area contributed by atoms with Gasteiger partial charge < -0.3 is 10.6 Å². The minimum absolute atomic E-state index is 0.207. The molecule has 1 fully saturated rings. The summed E-state index contributed by atoms with van der Waals surface area (Å²) in [5, 5.41) is 0. The second kappa shape index (κ2) is 7.42. The molecule has 23 heavy (non-hydrogen) atoms. The highest BCUT2D eigenvalue weighted by atomic mass is 32.2. The molecule has 0 unspecified atom stereocenters. The fourth-order valence-corrected chi connectivity index (χ4v) is 4.00. The summed E-state index contributed by atoms with van der Waals surface area (Å²) in [5.41, 5.74) is 5.48. The number of sulfonamides is 1. The minimum Gasteiger partial charge on any atom is -0.366 e. The predicted molar refractivity (Wildman–Crippen MR) is 89.6 cm³/mol. The Kier molecular flexibility index (Phi) is 5.78. The van der Waals surface area contributed by atoms with E-state index >= 15 is 0 Å². The minimum atomic E-state index is -3.50. The third-order valence-corrected chi connectivity index (χ3v) is 6.04. The van der Waals surface area contributed by atoms with E-state index in [2.05, 4.69) is 18.7 Å². The van der Waals surface area contributed by atoms with E-state index in [1.165, 1.54) is 28.6 Å². The van der Waals surface area contributed by atoms with E-state index < -0.39 is 15.9 Å². The van der Waals surface area contributed by atoms with Gasteiger partial charge in [0.1, 0.15) is 0 Å². The Morgan fingerprint density at radius 1 is 1.13 bits per heavy atom. The summed E-state index contributed by atoms with van der Waals surface area (Å²) in [7, 11) is -3.50. The van der Waals surface area contributed by atoms with Gasteiger partial charge in [0, 0.05) is 31.7 Å². The van der Waals surface area contributed by atoms with Gasteiger partial charge in [0.05, 0.1) is 4.90 Å². The molecule has 1 aliphatic heterocycles. The van der Waals surface area contributed by atoms with Crippen LogP contribution in [0.15, 0.2) is 29.2 Å². The number of hydrogen-bond acceptors (Lipinski definition) is 4. The maximum absolute atomic E-state index is 12.6. The molecule has 2 N–H and O–H groups in total. The van der Waals surface area contributed by atoms with E-state index in [1.54, 1.807) is 0 Å². The number of piperazine rings is 1. The van der Waals surface area contributed by atoms with Crippen molar-refractivity contribution in [1.82, 2.24) is 9.21 Å². The van der Waals surface area contributed by atoms with Crippen LogP contribution in [0.5, 0.6) is 0 Å². The Hall–Kier alpha value is -1.44. The van der Waals surface area contributed by atoms with Crippen LogP contribution in [0.4, 0.5) is 0 Å². The molecule has 0 aliphatic carbocycles. The zero-order chi connectivity index (χ0) is 17.0. The molecular formula is C16H25N3O3S. The first kappa shape index (κ1) is 17.9. The van der Waals surface area contributed by atoms with E-state index in [9.17, 15) is 13.2 Å². The lowest BCUT2D eigenvalue weighted by Gasteiger charge is -2.34. The standard InChI is InChI=1S/C16H25N3O3S/c1-13(2)7-8-18-9-11-19(12-10-18)23(21,22)15-5-3-14(4-6-15)16(17)20/h3-6,13H,7-12H2,1-2H3,(H2,17,20). The molecule has 1 aromatic rings. The number of rotatable bonds is 6. The van der Waals surface area contributed by atoms with Gasteiger partial charge in [-0.05, 0) is 43.1 Å². The molecule has 0 aromatic heterocycles. The van der Waals surface area contributed by atoms with Crippen LogP contribution in [0, 0.1) is 5.92 Å². The average molecular weight is 339 g/mol. The molecule has 6 nitrogen and oxygen atoms in total. The summed E-state index contributed by atoms with van der Waals surface area (Å²) >= 11 is 0. The monoisotopic (exact) mass is 339 g/mol. The van der Waals surface area contributed by atoms with Crippen molar-refractivity contribution >= 4 is 15.9 Å². The van der Waals surface area contributed by atoms with Crippen molar-refractivity contribution < 1.29 is 13.2 Å². The van der Waals surface area contributed by atoms with Crippen molar-refractivity contribution in [1.29, 1.82) is 0 Å². The summed E-state index contributed by atoms with van der Waals surface area (Å²) in [6.07, 6.45) is 1.13. The van der Waals surface area contributed by atoms with Crippen molar-refractivity contribution in [2.24, 2.45) is 11.7 Å². The summed E-state index contributed by atoms with van der Waals surface area (Å²) < 4.78 is 26.8. The SMILES string of the molecule is CC(C)CCN1CCN(S(=O)(=O)c2ccc(C(N)=O)cc2)CC1. The molecule has 0 atom stereocenters. The number of nitrogens with zero attached hydrogens (tertiary/aromatic N) is 2. The number of benzene rings is 1. The fraction of sp³-hybridized carbons (Fsp3) is 0.562. The first-order chi connectivity index (χ1) is 10.8. The number of hydrogen-bond donors (Lipinski definition) is 1. The van der Waals surface area contributed by atoms with E-state index in [-0.39, 0.29) is 4.90 Å². The van der Waals surface area contributed by atoms with Crippen LogP contribution in [0.25, 0.3) is 0 Å². The molecule has 0 spiro atoms. The van der Waals surface area contributed by atoms with Gasteiger partial charge in [0.15, 0.2) is 0 Å². The first-order valence-electron chi connectivity index (χ1n) is 7.93. The highest BCUT2D eigenvalue weighted by Crippen LogP contribution is 2.18. The maximum atomic E-state index is 12.6. The van der Waals surface area contributed by atoms with Gasteiger partial charge in [-0.3, -0.25) is 4.79 Å². The highest BCUT2D eigenvalue weighted by molar-refractivity contribution is 7.89. The molecule has 1 aromatic carbocycles. The first-order valence-corrected chi connectivity index (χ1v) is 9.37. The molecule has 0 bridgehead atoms. The van der Waals surface area contributed by atoms with Gasteiger partial charge in [0.2, 0.25) is 15.9 Å². The Bertz CT molecular complexity index is 633.